The summed E-state index contributed by atoms with van der Waals surface area (Å²) >= 11 is 6.13. The zero-order valence-corrected chi connectivity index (χ0v) is 17.9. The van der Waals surface area contributed by atoms with Crippen LogP contribution in [0.3, 0.4) is 0 Å². The van der Waals surface area contributed by atoms with Crippen LogP contribution in [0.5, 0.6) is 0 Å². The quantitative estimate of drug-likeness (QED) is 0.313. The molecule has 31 heavy (non-hydrogen) atoms. The maximum Gasteiger partial charge on any atom is 0.164 e. The molecule has 0 radical (unpaired) electrons. The van der Waals surface area contributed by atoms with Crippen molar-refractivity contribution in [2.75, 3.05) is 0 Å². The van der Waals surface area contributed by atoms with E-state index in [0.29, 0.717) is 5.02 Å². The fourth-order valence-corrected chi connectivity index (χ4v) is 4.86. The lowest BCUT2D eigenvalue weighted by Gasteiger charge is -2.23. The molecule has 0 atom stereocenters. The van der Waals surface area contributed by atoms with Gasteiger partial charge < -0.3 is 0 Å². The summed E-state index contributed by atoms with van der Waals surface area (Å²) in [6.45, 7) is 2.08. The Kier molecular flexibility index (Phi) is 4.18. The van der Waals surface area contributed by atoms with E-state index in [2.05, 4.69) is 61.5 Å². The zero-order valence-electron chi connectivity index (χ0n) is 17.1. The molecule has 3 aromatic carbocycles. The second kappa shape index (κ2) is 7.07. The van der Waals surface area contributed by atoms with Crippen molar-refractivity contribution in [2.45, 2.75) is 19.8 Å². The molecule has 5 aromatic rings. The Bertz CT molecular complexity index is 1430. The molecule has 0 aliphatic heterocycles. The Morgan fingerprint density at radius 2 is 1.58 bits per heavy atom. The van der Waals surface area contributed by atoms with E-state index in [1.807, 2.05) is 28.9 Å². The van der Waals surface area contributed by atoms with Gasteiger partial charge in [0.1, 0.15) is 0 Å². The van der Waals surface area contributed by atoms with Crippen molar-refractivity contribution in [1.29, 1.82) is 0 Å². The summed E-state index contributed by atoms with van der Waals surface area (Å²) < 4.78 is 1.95. The van der Waals surface area contributed by atoms with Crippen LogP contribution in [0.2, 0.25) is 5.02 Å². The standard InChI is InChI=1S/C27H20ClN3/c1-17-24-25(19-8-3-2-4-9-19)23-16-11-18-7-5-6-10-22(18)26(23)29-27(24)31(30-17)21-14-12-20(28)13-15-21/h2-10,12-15H,11,16H2,1H3. The SMILES string of the molecule is Cc1nn(-c2ccc(Cl)cc2)c2nc3c(c(-c4ccccc4)c12)CCc1ccccc1-3. The number of aryl methyl sites for hydroxylation is 2. The van der Waals surface area contributed by atoms with E-state index in [-0.39, 0.29) is 0 Å². The molecule has 3 nitrogen and oxygen atoms in total. The van der Waals surface area contributed by atoms with Crippen LogP contribution in [0.15, 0.2) is 78.9 Å². The van der Waals surface area contributed by atoms with Crippen LogP contribution < -0.4 is 0 Å². The lowest BCUT2D eigenvalue weighted by atomic mass is 9.83. The number of pyridine rings is 1. The number of hydrogen-bond acceptors (Lipinski definition) is 2. The lowest BCUT2D eigenvalue weighted by Crippen LogP contribution is -2.09. The van der Waals surface area contributed by atoms with Gasteiger partial charge in [-0.05, 0) is 66.3 Å². The molecular weight excluding hydrogens is 402 g/mol. The second-order valence-corrected chi connectivity index (χ2v) is 8.45. The van der Waals surface area contributed by atoms with Crippen molar-refractivity contribution in [3.8, 4) is 28.1 Å². The van der Waals surface area contributed by atoms with Crippen molar-refractivity contribution in [3.05, 3.63) is 101 Å². The molecule has 0 saturated heterocycles. The number of hydrogen-bond donors (Lipinski definition) is 0. The number of benzene rings is 3. The summed E-state index contributed by atoms with van der Waals surface area (Å²) in [7, 11) is 0. The number of halogens is 1. The first kappa shape index (κ1) is 18.3. The molecular formula is C27H20ClN3. The Labute approximate surface area is 186 Å². The van der Waals surface area contributed by atoms with E-state index in [4.69, 9.17) is 21.7 Å². The molecule has 0 spiro atoms. The van der Waals surface area contributed by atoms with Crippen LogP contribution in [0.4, 0.5) is 0 Å². The van der Waals surface area contributed by atoms with Gasteiger partial charge in [-0.25, -0.2) is 9.67 Å². The molecule has 0 unspecified atom stereocenters. The summed E-state index contributed by atoms with van der Waals surface area (Å²) in [5.74, 6) is 0. The van der Waals surface area contributed by atoms with Crippen molar-refractivity contribution < 1.29 is 0 Å². The summed E-state index contributed by atoms with van der Waals surface area (Å²) in [5, 5.41) is 6.75. The third kappa shape index (κ3) is 2.88. The molecule has 4 heteroatoms. The average Bonchev–Trinajstić information content (AvgIpc) is 3.14. The lowest BCUT2D eigenvalue weighted by molar-refractivity contribution is 0.875. The van der Waals surface area contributed by atoms with Crippen LogP contribution >= 0.6 is 11.6 Å². The van der Waals surface area contributed by atoms with E-state index < -0.39 is 0 Å². The Balaban J connectivity index is 1.74. The predicted octanol–water partition coefficient (Wildman–Crippen LogP) is 6.81. The van der Waals surface area contributed by atoms with Gasteiger partial charge >= 0.3 is 0 Å². The number of aromatic nitrogens is 3. The minimum Gasteiger partial charge on any atom is -0.228 e. The van der Waals surface area contributed by atoms with Crippen LogP contribution in [-0.2, 0) is 12.8 Å². The van der Waals surface area contributed by atoms with E-state index in [0.717, 1.165) is 41.0 Å². The maximum atomic E-state index is 6.13. The summed E-state index contributed by atoms with van der Waals surface area (Å²) in [5.41, 5.74) is 10.3. The minimum absolute atomic E-state index is 0.709. The molecule has 2 aromatic heterocycles. The van der Waals surface area contributed by atoms with E-state index in [1.165, 1.54) is 27.8 Å². The molecule has 0 bridgehead atoms. The van der Waals surface area contributed by atoms with Gasteiger partial charge in [-0.3, -0.25) is 0 Å². The van der Waals surface area contributed by atoms with Gasteiger partial charge in [0.05, 0.1) is 22.5 Å². The third-order valence-electron chi connectivity index (χ3n) is 6.14. The highest BCUT2D eigenvalue weighted by Gasteiger charge is 2.26. The maximum absolute atomic E-state index is 6.13. The highest BCUT2D eigenvalue weighted by atomic mass is 35.5. The van der Waals surface area contributed by atoms with Gasteiger partial charge in [-0.1, -0.05) is 66.2 Å². The van der Waals surface area contributed by atoms with Crippen molar-refractivity contribution in [1.82, 2.24) is 14.8 Å². The first-order valence-corrected chi connectivity index (χ1v) is 10.9. The zero-order chi connectivity index (χ0) is 20.9. The molecule has 6 rings (SSSR count). The van der Waals surface area contributed by atoms with Crippen molar-refractivity contribution in [2.24, 2.45) is 0 Å². The predicted molar refractivity (Wildman–Crippen MR) is 127 cm³/mol. The second-order valence-electron chi connectivity index (χ2n) is 8.01. The van der Waals surface area contributed by atoms with Gasteiger partial charge in [0, 0.05) is 10.6 Å². The average molecular weight is 422 g/mol. The van der Waals surface area contributed by atoms with E-state index >= 15 is 0 Å². The third-order valence-corrected chi connectivity index (χ3v) is 6.39. The Morgan fingerprint density at radius 3 is 2.39 bits per heavy atom. The number of rotatable bonds is 2. The number of fused-ring (bicyclic) bond motifs is 4. The van der Waals surface area contributed by atoms with Gasteiger partial charge in [0.15, 0.2) is 5.65 Å². The van der Waals surface area contributed by atoms with Crippen LogP contribution in [0.1, 0.15) is 16.8 Å². The summed E-state index contributed by atoms with van der Waals surface area (Å²) in [6, 6.07) is 27.0. The van der Waals surface area contributed by atoms with Crippen LogP contribution in [0.25, 0.3) is 39.1 Å². The molecule has 0 amide bonds. The van der Waals surface area contributed by atoms with Gasteiger partial charge in [-0.15, -0.1) is 0 Å². The topological polar surface area (TPSA) is 30.7 Å². The summed E-state index contributed by atoms with van der Waals surface area (Å²) in [6.07, 6.45) is 2.01. The van der Waals surface area contributed by atoms with Crippen molar-refractivity contribution in [3.63, 3.8) is 0 Å². The number of nitrogens with zero attached hydrogens (tertiary/aromatic N) is 3. The molecule has 0 N–H and O–H groups in total. The fourth-order valence-electron chi connectivity index (χ4n) is 4.73. The normalized spacial score (nSPS) is 12.6. The molecule has 0 fully saturated rings. The largest absolute Gasteiger partial charge is 0.228 e. The van der Waals surface area contributed by atoms with E-state index in [1.54, 1.807) is 0 Å². The van der Waals surface area contributed by atoms with Crippen LogP contribution in [0, 0.1) is 6.92 Å². The van der Waals surface area contributed by atoms with Gasteiger partial charge in [0.25, 0.3) is 0 Å². The molecule has 150 valence electrons. The first-order chi connectivity index (χ1) is 15.2. The minimum atomic E-state index is 0.709. The van der Waals surface area contributed by atoms with E-state index in [9.17, 15) is 0 Å². The molecule has 2 heterocycles. The first-order valence-electron chi connectivity index (χ1n) is 10.5. The van der Waals surface area contributed by atoms with Crippen molar-refractivity contribution >= 4 is 22.6 Å². The molecule has 1 aliphatic carbocycles. The van der Waals surface area contributed by atoms with Gasteiger partial charge in [-0.2, -0.15) is 5.10 Å². The molecule has 1 aliphatic rings. The highest BCUT2D eigenvalue weighted by Crippen LogP contribution is 2.42. The monoisotopic (exact) mass is 421 g/mol. The smallest absolute Gasteiger partial charge is 0.164 e. The van der Waals surface area contributed by atoms with Gasteiger partial charge in [0.2, 0.25) is 0 Å². The Hall–Kier alpha value is -3.43. The Morgan fingerprint density at radius 1 is 0.839 bits per heavy atom. The molecule has 0 saturated carbocycles. The fraction of sp³-hybridized carbons (Fsp3) is 0.111. The summed E-state index contributed by atoms with van der Waals surface area (Å²) in [4.78, 5) is 5.23. The van der Waals surface area contributed by atoms with Crippen LogP contribution in [-0.4, -0.2) is 14.8 Å². The highest BCUT2D eigenvalue weighted by molar-refractivity contribution is 6.30.